The summed E-state index contributed by atoms with van der Waals surface area (Å²) in [6.07, 6.45) is 1.12. The summed E-state index contributed by atoms with van der Waals surface area (Å²) in [7, 11) is -3.32. The average molecular weight is 440 g/mol. The normalized spacial score (nSPS) is 15.9. The first-order valence-corrected chi connectivity index (χ1v) is 11.3. The summed E-state index contributed by atoms with van der Waals surface area (Å²) in [4.78, 5) is 19.4. The number of H-pyrrole nitrogens is 1. The lowest BCUT2D eigenvalue weighted by atomic mass is 10.1. The average Bonchev–Trinajstić information content (AvgIpc) is 3.36. The molecule has 0 fully saturated rings. The molecular weight excluding hydrogens is 420 g/mol. The highest BCUT2D eigenvalue weighted by molar-refractivity contribution is 7.90. The molecule has 0 spiro atoms. The van der Waals surface area contributed by atoms with Crippen LogP contribution in [0.4, 0.5) is 0 Å². The molecule has 8 nitrogen and oxygen atoms in total. The van der Waals surface area contributed by atoms with Gasteiger partial charge >= 0.3 is 5.97 Å². The van der Waals surface area contributed by atoms with Crippen molar-refractivity contribution >= 4 is 21.7 Å². The highest BCUT2D eigenvalue weighted by atomic mass is 32.2. The number of carboxylic acids is 1. The van der Waals surface area contributed by atoms with Crippen LogP contribution in [0.25, 0.3) is 11.3 Å². The second-order valence-electron chi connectivity index (χ2n) is 7.28. The number of hydrogen-bond acceptors (Lipinski definition) is 6. The minimum atomic E-state index is -3.32. The van der Waals surface area contributed by atoms with Crippen molar-refractivity contribution in [1.82, 2.24) is 4.98 Å². The van der Waals surface area contributed by atoms with Gasteiger partial charge in [0.15, 0.2) is 9.84 Å². The molecule has 3 aromatic rings. The summed E-state index contributed by atoms with van der Waals surface area (Å²) in [5.74, 6) is 0.121. The maximum absolute atomic E-state index is 11.6. The number of aliphatic imine (C=N–C) groups is 1. The zero-order valence-corrected chi connectivity index (χ0v) is 17.6. The minimum absolute atomic E-state index is 0.0551. The molecule has 4 rings (SSSR count). The lowest BCUT2D eigenvalue weighted by molar-refractivity contribution is 0.0696. The monoisotopic (exact) mass is 440 g/mol. The fraction of sp³-hybridized carbons (Fsp3) is 0.182. The largest absolute Gasteiger partial charge is 0.478 e. The number of hydrogen-bond donors (Lipinski definition) is 2. The van der Waals surface area contributed by atoms with Crippen molar-refractivity contribution in [1.29, 1.82) is 0 Å². The molecule has 160 valence electrons. The number of carboxylic acid groups (broad SMARTS) is 1. The first-order chi connectivity index (χ1) is 14.7. The van der Waals surface area contributed by atoms with Gasteiger partial charge in [0.1, 0.15) is 23.8 Å². The van der Waals surface area contributed by atoms with Crippen molar-refractivity contribution < 1.29 is 27.8 Å². The Balaban J connectivity index is 1.65. The van der Waals surface area contributed by atoms with Crippen molar-refractivity contribution in [2.75, 3.05) is 12.9 Å². The molecule has 0 bridgehead atoms. The van der Waals surface area contributed by atoms with Crippen LogP contribution in [0.1, 0.15) is 23.0 Å². The van der Waals surface area contributed by atoms with Gasteiger partial charge in [0.2, 0.25) is 5.90 Å². The van der Waals surface area contributed by atoms with Crippen LogP contribution >= 0.6 is 0 Å². The number of carbonyl (C=O) groups is 1. The van der Waals surface area contributed by atoms with E-state index in [1.165, 1.54) is 36.4 Å². The second kappa shape index (κ2) is 7.92. The topological polar surface area (TPSA) is 118 Å². The number of sulfone groups is 1. The third-order valence-corrected chi connectivity index (χ3v) is 5.80. The molecule has 0 unspecified atom stereocenters. The summed E-state index contributed by atoms with van der Waals surface area (Å²) < 4.78 is 34.6. The Kier molecular flexibility index (Phi) is 5.28. The zero-order valence-electron chi connectivity index (χ0n) is 16.8. The predicted octanol–water partition coefficient (Wildman–Crippen LogP) is 3.74. The predicted molar refractivity (Wildman–Crippen MR) is 115 cm³/mol. The fourth-order valence-electron chi connectivity index (χ4n) is 3.14. The van der Waals surface area contributed by atoms with Gasteiger partial charge in [-0.05, 0) is 61.5 Å². The van der Waals surface area contributed by atoms with E-state index >= 15 is 0 Å². The first-order valence-electron chi connectivity index (χ1n) is 9.46. The molecule has 0 aliphatic carbocycles. The standard InChI is InChI=1S/C22H20N2O6S/c1-13-12-29-21(23-13)20-8-7-19(24-20)14-9-15(22(25)26)11-17(10-14)30-16-3-5-18(6-4-16)31(2,27)28/h3-11,13,24H,12H2,1-2H3,(H,25,26)/t13-/m1/s1. The SMILES string of the molecule is C[C@@H]1COC(c2ccc(-c3cc(Oc4ccc(S(C)(=O)=O)cc4)cc(C(=O)O)c3)[nH]2)=N1. The molecular formula is C22H20N2O6S. The lowest BCUT2D eigenvalue weighted by Gasteiger charge is -2.10. The number of nitrogens with zero attached hydrogens (tertiary/aromatic N) is 1. The van der Waals surface area contributed by atoms with Crippen LogP contribution in [0, 0.1) is 0 Å². The van der Waals surface area contributed by atoms with Gasteiger partial charge in [-0.2, -0.15) is 0 Å². The van der Waals surface area contributed by atoms with E-state index in [4.69, 9.17) is 9.47 Å². The molecule has 1 aliphatic rings. The van der Waals surface area contributed by atoms with Crippen molar-refractivity contribution in [3.63, 3.8) is 0 Å². The van der Waals surface area contributed by atoms with E-state index in [1.54, 1.807) is 6.07 Å². The molecule has 9 heteroatoms. The van der Waals surface area contributed by atoms with Crippen LogP contribution in [0.15, 0.2) is 64.5 Å². The van der Waals surface area contributed by atoms with E-state index in [-0.39, 0.29) is 16.5 Å². The van der Waals surface area contributed by atoms with Gasteiger partial charge in [-0.15, -0.1) is 0 Å². The minimum Gasteiger partial charge on any atom is -0.478 e. The van der Waals surface area contributed by atoms with Crippen LogP contribution in [0.5, 0.6) is 11.5 Å². The number of aromatic nitrogens is 1. The third kappa shape index (κ3) is 4.61. The second-order valence-corrected chi connectivity index (χ2v) is 9.29. The van der Waals surface area contributed by atoms with Gasteiger partial charge in [-0.1, -0.05) is 0 Å². The number of rotatable bonds is 6. The van der Waals surface area contributed by atoms with Gasteiger partial charge in [-0.25, -0.2) is 18.2 Å². The molecule has 2 N–H and O–H groups in total. The summed E-state index contributed by atoms with van der Waals surface area (Å²) in [5.41, 5.74) is 2.06. The van der Waals surface area contributed by atoms with Crippen LogP contribution in [-0.2, 0) is 14.6 Å². The van der Waals surface area contributed by atoms with Crippen molar-refractivity contribution in [3.8, 4) is 22.8 Å². The Bertz CT molecular complexity index is 1280. The van der Waals surface area contributed by atoms with Gasteiger partial charge < -0.3 is 19.6 Å². The molecule has 2 aromatic carbocycles. The van der Waals surface area contributed by atoms with Crippen LogP contribution in [0.3, 0.4) is 0 Å². The Morgan fingerprint density at radius 3 is 2.42 bits per heavy atom. The molecule has 0 saturated heterocycles. The quantitative estimate of drug-likeness (QED) is 0.603. The van der Waals surface area contributed by atoms with Gasteiger partial charge in [0.25, 0.3) is 0 Å². The molecule has 0 radical (unpaired) electrons. The summed E-state index contributed by atoms with van der Waals surface area (Å²) >= 11 is 0. The highest BCUT2D eigenvalue weighted by Crippen LogP contribution is 2.30. The Morgan fingerprint density at radius 2 is 1.81 bits per heavy atom. The molecule has 1 atom stereocenters. The maximum atomic E-state index is 11.6. The van der Waals surface area contributed by atoms with E-state index in [1.807, 2.05) is 19.1 Å². The Labute approximate surface area is 179 Å². The van der Waals surface area contributed by atoms with Crippen LogP contribution in [0.2, 0.25) is 0 Å². The molecule has 1 aromatic heterocycles. The Morgan fingerprint density at radius 1 is 1.10 bits per heavy atom. The van der Waals surface area contributed by atoms with Gasteiger partial charge in [-0.3, -0.25) is 0 Å². The molecule has 0 saturated carbocycles. The number of aromatic carboxylic acids is 1. The molecule has 31 heavy (non-hydrogen) atoms. The van der Waals surface area contributed by atoms with E-state index in [0.717, 1.165) is 6.26 Å². The van der Waals surface area contributed by atoms with Gasteiger partial charge in [0, 0.05) is 17.5 Å². The molecule has 1 aliphatic heterocycles. The Hall–Kier alpha value is -3.59. The van der Waals surface area contributed by atoms with E-state index < -0.39 is 15.8 Å². The third-order valence-electron chi connectivity index (χ3n) is 4.67. The lowest BCUT2D eigenvalue weighted by Crippen LogP contribution is -2.02. The van der Waals surface area contributed by atoms with E-state index in [0.29, 0.717) is 41.0 Å². The van der Waals surface area contributed by atoms with Crippen molar-refractivity contribution in [2.24, 2.45) is 4.99 Å². The van der Waals surface area contributed by atoms with E-state index in [9.17, 15) is 18.3 Å². The van der Waals surface area contributed by atoms with Crippen molar-refractivity contribution in [3.05, 3.63) is 65.9 Å². The zero-order chi connectivity index (χ0) is 22.2. The highest BCUT2D eigenvalue weighted by Gasteiger charge is 2.18. The molecule has 2 heterocycles. The number of ether oxygens (including phenoxy) is 2. The van der Waals surface area contributed by atoms with Gasteiger partial charge in [0.05, 0.1) is 16.5 Å². The number of aromatic amines is 1. The van der Waals surface area contributed by atoms with Crippen LogP contribution < -0.4 is 4.74 Å². The van der Waals surface area contributed by atoms with E-state index in [2.05, 4.69) is 9.98 Å². The molecule has 0 amide bonds. The summed E-state index contributed by atoms with van der Waals surface area (Å²) in [6.45, 7) is 2.48. The number of nitrogens with one attached hydrogen (secondary N) is 1. The maximum Gasteiger partial charge on any atom is 0.335 e. The number of benzene rings is 2. The summed E-state index contributed by atoms with van der Waals surface area (Å²) in [5, 5.41) is 9.51. The fourth-order valence-corrected chi connectivity index (χ4v) is 3.77. The van der Waals surface area contributed by atoms with Crippen LogP contribution in [-0.4, -0.2) is 49.3 Å². The smallest absolute Gasteiger partial charge is 0.335 e. The first kappa shape index (κ1) is 20.7. The van der Waals surface area contributed by atoms with Crippen molar-refractivity contribution in [2.45, 2.75) is 17.9 Å². The summed E-state index contributed by atoms with van der Waals surface area (Å²) in [6, 6.07) is 14.3.